The fourth-order valence-electron chi connectivity index (χ4n) is 1.35. The van der Waals surface area contributed by atoms with Gasteiger partial charge in [-0.25, -0.2) is 0 Å². The summed E-state index contributed by atoms with van der Waals surface area (Å²) in [6.45, 7) is 11.2. The summed E-state index contributed by atoms with van der Waals surface area (Å²) in [5.74, 6) is 0.307. The second-order valence-corrected chi connectivity index (χ2v) is 5.64. The van der Waals surface area contributed by atoms with E-state index in [-0.39, 0.29) is 0 Å². The van der Waals surface area contributed by atoms with Crippen LogP contribution >= 0.6 is 0 Å². The smallest absolute Gasteiger partial charge is 0.0766 e. The molecule has 0 radical (unpaired) electrons. The average Bonchev–Trinajstić information content (AvgIpc) is 2.55. The molecule has 2 nitrogen and oxygen atoms in total. The predicted molar refractivity (Wildman–Crippen MR) is 55.7 cm³/mol. The molecule has 0 amide bonds. The van der Waals surface area contributed by atoms with Crippen LogP contribution in [0.5, 0.6) is 0 Å². The van der Waals surface area contributed by atoms with Crippen LogP contribution < -0.4 is 5.32 Å². The minimum Gasteiger partial charge on any atom is -0.389 e. The van der Waals surface area contributed by atoms with E-state index in [1.807, 2.05) is 6.92 Å². The Kier molecular flexibility index (Phi) is 2.75. The minimum absolute atomic E-state index is 0.307. The molecule has 1 aliphatic rings. The van der Waals surface area contributed by atoms with E-state index in [0.717, 1.165) is 0 Å². The van der Waals surface area contributed by atoms with Crippen LogP contribution in [-0.2, 0) is 0 Å². The Labute approximate surface area is 81.7 Å². The van der Waals surface area contributed by atoms with Crippen molar-refractivity contribution in [1.82, 2.24) is 5.32 Å². The summed E-state index contributed by atoms with van der Waals surface area (Å²) in [5.41, 5.74) is -0.119. The lowest BCUT2D eigenvalue weighted by molar-refractivity contribution is 0.0133. The van der Waals surface area contributed by atoms with E-state index >= 15 is 0 Å². The highest BCUT2D eigenvalue weighted by molar-refractivity contribution is 5.02. The zero-order valence-corrected chi connectivity index (χ0v) is 9.52. The number of hydrogen-bond acceptors (Lipinski definition) is 2. The Hall–Kier alpha value is -0.0800. The number of hydrogen-bond donors (Lipinski definition) is 2. The molecular formula is C11H23NO. The third kappa shape index (κ3) is 2.68. The standard InChI is InChI=1S/C11H23NO/c1-8(2)11(5,13)7-12-9-6-10(9,3)4/h8-9,12-13H,6-7H2,1-5H3. The molecule has 78 valence electrons. The number of rotatable bonds is 4. The Morgan fingerprint density at radius 3 is 2.31 bits per heavy atom. The molecule has 0 bridgehead atoms. The Bertz CT molecular complexity index is 185. The van der Waals surface area contributed by atoms with Crippen molar-refractivity contribution in [3.8, 4) is 0 Å². The van der Waals surface area contributed by atoms with E-state index in [0.29, 0.717) is 23.9 Å². The summed E-state index contributed by atoms with van der Waals surface area (Å²) in [7, 11) is 0. The second kappa shape index (κ2) is 3.25. The normalized spacial score (nSPS) is 30.2. The van der Waals surface area contributed by atoms with E-state index in [2.05, 4.69) is 33.0 Å². The average molecular weight is 185 g/mol. The summed E-state index contributed by atoms with van der Waals surface area (Å²) in [4.78, 5) is 0. The van der Waals surface area contributed by atoms with Gasteiger partial charge in [-0.15, -0.1) is 0 Å². The van der Waals surface area contributed by atoms with Crippen LogP contribution in [0.2, 0.25) is 0 Å². The van der Waals surface area contributed by atoms with Crippen LogP contribution in [-0.4, -0.2) is 23.3 Å². The second-order valence-electron chi connectivity index (χ2n) is 5.64. The fourth-order valence-corrected chi connectivity index (χ4v) is 1.35. The maximum Gasteiger partial charge on any atom is 0.0766 e. The largest absolute Gasteiger partial charge is 0.389 e. The topological polar surface area (TPSA) is 32.3 Å². The maximum atomic E-state index is 9.98. The van der Waals surface area contributed by atoms with Crippen molar-refractivity contribution in [2.24, 2.45) is 11.3 Å². The van der Waals surface area contributed by atoms with Crippen LogP contribution in [0.4, 0.5) is 0 Å². The van der Waals surface area contributed by atoms with Gasteiger partial charge in [0.1, 0.15) is 0 Å². The third-order valence-electron chi connectivity index (χ3n) is 3.46. The van der Waals surface area contributed by atoms with Crippen molar-refractivity contribution in [2.75, 3.05) is 6.54 Å². The van der Waals surface area contributed by atoms with Crippen LogP contribution in [0.3, 0.4) is 0 Å². The summed E-state index contributed by atoms with van der Waals surface area (Å²) in [6.07, 6.45) is 1.24. The van der Waals surface area contributed by atoms with E-state index in [9.17, 15) is 5.11 Å². The molecule has 0 saturated heterocycles. The van der Waals surface area contributed by atoms with Crippen molar-refractivity contribution in [1.29, 1.82) is 0 Å². The van der Waals surface area contributed by atoms with E-state index < -0.39 is 5.60 Å². The minimum atomic E-state index is -0.571. The van der Waals surface area contributed by atoms with Crippen LogP contribution in [0, 0.1) is 11.3 Å². The van der Waals surface area contributed by atoms with Gasteiger partial charge in [-0.1, -0.05) is 27.7 Å². The van der Waals surface area contributed by atoms with Crippen LogP contribution in [0.25, 0.3) is 0 Å². The number of nitrogens with one attached hydrogen (secondary N) is 1. The van der Waals surface area contributed by atoms with Crippen LogP contribution in [0.15, 0.2) is 0 Å². The first-order chi connectivity index (χ1) is 5.76. The van der Waals surface area contributed by atoms with Gasteiger partial charge in [-0.3, -0.25) is 0 Å². The SMILES string of the molecule is CC(C)C(C)(O)CNC1CC1(C)C. The molecule has 0 aromatic rings. The highest BCUT2D eigenvalue weighted by Gasteiger charge is 2.46. The zero-order chi connectivity index (χ0) is 10.3. The molecule has 1 fully saturated rings. The van der Waals surface area contributed by atoms with Gasteiger partial charge in [0, 0.05) is 12.6 Å². The predicted octanol–water partition coefficient (Wildman–Crippen LogP) is 1.78. The highest BCUT2D eigenvalue weighted by Crippen LogP contribution is 2.44. The quantitative estimate of drug-likeness (QED) is 0.700. The van der Waals surface area contributed by atoms with Crippen molar-refractivity contribution in [2.45, 2.75) is 52.7 Å². The first-order valence-corrected chi connectivity index (χ1v) is 5.21. The van der Waals surface area contributed by atoms with Gasteiger partial charge in [0.25, 0.3) is 0 Å². The van der Waals surface area contributed by atoms with Gasteiger partial charge in [0.05, 0.1) is 5.60 Å². The molecular weight excluding hydrogens is 162 g/mol. The van der Waals surface area contributed by atoms with E-state index in [1.54, 1.807) is 0 Å². The van der Waals surface area contributed by atoms with Gasteiger partial charge in [0.2, 0.25) is 0 Å². The summed E-state index contributed by atoms with van der Waals surface area (Å²) in [6, 6.07) is 0.609. The molecule has 2 unspecified atom stereocenters. The molecule has 0 aromatic heterocycles. The summed E-state index contributed by atoms with van der Waals surface area (Å²) in [5, 5.41) is 13.4. The lowest BCUT2D eigenvalue weighted by atomic mass is 9.92. The molecule has 1 aliphatic carbocycles. The molecule has 2 atom stereocenters. The lowest BCUT2D eigenvalue weighted by Gasteiger charge is -2.28. The zero-order valence-electron chi connectivity index (χ0n) is 9.52. The fraction of sp³-hybridized carbons (Fsp3) is 1.00. The van der Waals surface area contributed by atoms with Crippen molar-refractivity contribution in [3.63, 3.8) is 0 Å². The molecule has 2 N–H and O–H groups in total. The van der Waals surface area contributed by atoms with Gasteiger partial charge < -0.3 is 10.4 Å². The molecule has 0 aliphatic heterocycles. The first-order valence-electron chi connectivity index (χ1n) is 5.21. The first kappa shape index (κ1) is 11.0. The lowest BCUT2D eigenvalue weighted by Crippen LogP contribution is -2.43. The monoisotopic (exact) mass is 185 g/mol. The highest BCUT2D eigenvalue weighted by atomic mass is 16.3. The molecule has 0 aromatic carbocycles. The van der Waals surface area contributed by atoms with Crippen molar-refractivity contribution < 1.29 is 5.11 Å². The maximum absolute atomic E-state index is 9.98. The van der Waals surface area contributed by atoms with Gasteiger partial charge >= 0.3 is 0 Å². The summed E-state index contributed by atoms with van der Waals surface area (Å²) < 4.78 is 0. The van der Waals surface area contributed by atoms with Crippen molar-refractivity contribution in [3.05, 3.63) is 0 Å². The Morgan fingerprint density at radius 1 is 1.54 bits per heavy atom. The van der Waals surface area contributed by atoms with E-state index in [1.165, 1.54) is 6.42 Å². The molecule has 2 heteroatoms. The molecule has 0 heterocycles. The van der Waals surface area contributed by atoms with Gasteiger partial charge in [0.15, 0.2) is 0 Å². The molecule has 0 spiro atoms. The van der Waals surface area contributed by atoms with Gasteiger partial charge in [-0.05, 0) is 24.7 Å². The van der Waals surface area contributed by atoms with Crippen molar-refractivity contribution >= 4 is 0 Å². The van der Waals surface area contributed by atoms with Gasteiger partial charge in [-0.2, -0.15) is 0 Å². The van der Waals surface area contributed by atoms with E-state index in [4.69, 9.17) is 0 Å². The molecule has 1 saturated carbocycles. The Morgan fingerprint density at radius 2 is 2.00 bits per heavy atom. The number of aliphatic hydroxyl groups is 1. The molecule has 1 rings (SSSR count). The third-order valence-corrected chi connectivity index (χ3v) is 3.46. The molecule has 13 heavy (non-hydrogen) atoms. The summed E-state index contributed by atoms with van der Waals surface area (Å²) >= 11 is 0. The van der Waals surface area contributed by atoms with Crippen LogP contribution in [0.1, 0.15) is 41.0 Å². The Balaban J connectivity index is 2.27.